The van der Waals surface area contributed by atoms with Gasteiger partial charge in [0.05, 0.1) is 11.1 Å². The van der Waals surface area contributed by atoms with Crippen LogP contribution in [0.2, 0.25) is 0 Å². The Hall–Kier alpha value is -2.57. The maximum Gasteiger partial charge on any atom is 0.416 e. The number of anilines is 1. The van der Waals surface area contributed by atoms with Crippen molar-refractivity contribution < 1.29 is 18.0 Å². The lowest BCUT2D eigenvalue weighted by molar-refractivity contribution is -0.137. The number of nitrogens with one attached hydrogen (secondary N) is 1. The molecule has 1 amide bonds. The molecule has 2 rings (SSSR count). The van der Waals surface area contributed by atoms with Gasteiger partial charge in [-0.2, -0.15) is 13.2 Å². The molecule has 1 heterocycles. The van der Waals surface area contributed by atoms with E-state index in [1.54, 1.807) is 6.07 Å². The van der Waals surface area contributed by atoms with Crippen molar-refractivity contribution in [3.8, 4) is 0 Å². The number of benzene rings is 1. The van der Waals surface area contributed by atoms with Crippen molar-refractivity contribution in [1.29, 1.82) is 0 Å². The minimum absolute atomic E-state index is 0.187. The first kappa shape index (κ1) is 14.8. The Balaban J connectivity index is 2.04. The summed E-state index contributed by atoms with van der Waals surface area (Å²) in [5, 5.41) is 2.88. The second-order valence-corrected chi connectivity index (χ2v) is 4.35. The van der Waals surface area contributed by atoms with Crippen LogP contribution in [0.3, 0.4) is 0 Å². The van der Waals surface area contributed by atoms with Gasteiger partial charge in [0.25, 0.3) is 0 Å². The number of aromatic nitrogens is 1. The molecule has 2 aromatic rings. The number of hydrogen-bond acceptors (Lipinski definition) is 3. The van der Waals surface area contributed by atoms with E-state index in [-0.39, 0.29) is 12.1 Å². The third kappa shape index (κ3) is 3.95. The van der Waals surface area contributed by atoms with Crippen molar-refractivity contribution in [3.05, 3.63) is 59.3 Å². The Morgan fingerprint density at radius 3 is 2.57 bits per heavy atom. The molecule has 0 radical (unpaired) electrons. The minimum Gasteiger partial charge on any atom is -0.366 e. The Morgan fingerprint density at radius 2 is 2.00 bits per heavy atom. The zero-order valence-corrected chi connectivity index (χ0v) is 10.8. The molecule has 0 fully saturated rings. The van der Waals surface area contributed by atoms with Crippen molar-refractivity contribution in [3.63, 3.8) is 0 Å². The number of pyridine rings is 1. The molecule has 0 spiro atoms. The van der Waals surface area contributed by atoms with Gasteiger partial charge in [0.2, 0.25) is 5.91 Å². The number of carbonyl (C=O) groups is 1. The number of alkyl halides is 3. The summed E-state index contributed by atoms with van der Waals surface area (Å²) in [6.07, 6.45) is -3.06. The van der Waals surface area contributed by atoms with Crippen LogP contribution in [0, 0.1) is 0 Å². The Kier molecular flexibility index (Phi) is 4.11. The lowest BCUT2D eigenvalue weighted by Crippen LogP contribution is -2.11. The maximum atomic E-state index is 12.6. The predicted octanol–water partition coefficient (Wildman–Crippen LogP) is 2.81. The molecule has 0 saturated carbocycles. The number of carbonyl (C=O) groups excluding carboxylic acids is 1. The Labute approximate surface area is 118 Å². The van der Waals surface area contributed by atoms with E-state index in [4.69, 9.17) is 5.73 Å². The van der Waals surface area contributed by atoms with Gasteiger partial charge in [-0.15, -0.1) is 0 Å². The SMILES string of the molecule is NC(=O)c1ccc(NCc2cccc(C(F)(F)F)c2)nc1. The van der Waals surface area contributed by atoms with E-state index in [0.717, 1.165) is 12.1 Å². The lowest BCUT2D eigenvalue weighted by atomic mass is 10.1. The molecule has 7 heteroatoms. The van der Waals surface area contributed by atoms with E-state index >= 15 is 0 Å². The number of primary amides is 1. The van der Waals surface area contributed by atoms with Crippen LogP contribution in [0.1, 0.15) is 21.5 Å². The molecule has 0 aliphatic rings. The van der Waals surface area contributed by atoms with Gasteiger partial charge in [0, 0.05) is 12.7 Å². The molecule has 0 aliphatic carbocycles. The topological polar surface area (TPSA) is 68.0 Å². The van der Waals surface area contributed by atoms with Gasteiger partial charge in [-0.1, -0.05) is 12.1 Å². The van der Waals surface area contributed by atoms with Crippen molar-refractivity contribution in [2.75, 3.05) is 5.32 Å². The molecule has 110 valence electrons. The highest BCUT2D eigenvalue weighted by atomic mass is 19.4. The van der Waals surface area contributed by atoms with Crippen LogP contribution < -0.4 is 11.1 Å². The van der Waals surface area contributed by atoms with E-state index in [0.29, 0.717) is 11.4 Å². The molecule has 0 bridgehead atoms. The third-order valence-corrected chi connectivity index (χ3v) is 2.78. The van der Waals surface area contributed by atoms with E-state index in [9.17, 15) is 18.0 Å². The van der Waals surface area contributed by atoms with Crippen LogP contribution in [0.5, 0.6) is 0 Å². The van der Waals surface area contributed by atoms with Crippen molar-refractivity contribution >= 4 is 11.7 Å². The number of nitrogens with two attached hydrogens (primary N) is 1. The fraction of sp³-hybridized carbons (Fsp3) is 0.143. The van der Waals surface area contributed by atoms with Gasteiger partial charge in [-0.3, -0.25) is 4.79 Å². The normalized spacial score (nSPS) is 11.2. The molecule has 4 nitrogen and oxygen atoms in total. The number of rotatable bonds is 4. The van der Waals surface area contributed by atoms with Crippen LogP contribution in [0.15, 0.2) is 42.6 Å². The minimum atomic E-state index is -4.36. The monoisotopic (exact) mass is 295 g/mol. The van der Waals surface area contributed by atoms with E-state index in [2.05, 4.69) is 10.3 Å². The average molecular weight is 295 g/mol. The van der Waals surface area contributed by atoms with Gasteiger partial charge in [-0.05, 0) is 29.8 Å². The first-order valence-corrected chi connectivity index (χ1v) is 6.02. The summed E-state index contributed by atoms with van der Waals surface area (Å²) in [5.74, 6) is -0.149. The second-order valence-electron chi connectivity index (χ2n) is 4.35. The van der Waals surface area contributed by atoms with Crippen LogP contribution in [-0.2, 0) is 12.7 Å². The summed E-state index contributed by atoms with van der Waals surface area (Å²) in [5.41, 5.74) is 5.13. The summed E-state index contributed by atoms with van der Waals surface area (Å²) in [6, 6.07) is 8.05. The molecule has 3 N–H and O–H groups in total. The lowest BCUT2D eigenvalue weighted by Gasteiger charge is -2.10. The first-order valence-electron chi connectivity index (χ1n) is 6.02. The number of amides is 1. The highest BCUT2D eigenvalue weighted by Gasteiger charge is 2.30. The van der Waals surface area contributed by atoms with E-state index in [1.807, 2.05) is 0 Å². The zero-order chi connectivity index (χ0) is 15.5. The molecule has 0 unspecified atom stereocenters. The van der Waals surface area contributed by atoms with Gasteiger partial charge in [-0.25, -0.2) is 4.98 Å². The smallest absolute Gasteiger partial charge is 0.366 e. The average Bonchev–Trinajstić information content (AvgIpc) is 2.45. The van der Waals surface area contributed by atoms with Crippen LogP contribution in [-0.4, -0.2) is 10.9 Å². The molecular weight excluding hydrogens is 283 g/mol. The van der Waals surface area contributed by atoms with Crippen LogP contribution in [0.4, 0.5) is 19.0 Å². The molecule has 0 saturated heterocycles. The van der Waals surface area contributed by atoms with Gasteiger partial charge in [0.1, 0.15) is 5.82 Å². The number of nitrogens with zero attached hydrogens (tertiary/aromatic N) is 1. The standard InChI is InChI=1S/C14H12F3N3O/c15-14(16,17)11-3-1-2-9(6-11)7-19-12-5-4-10(8-20-12)13(18)21/h1-6,8H,7H2,(H2,18,21)(H,19,20). The summed E-state index contributed by atoms with van der Waals surface area (Å²) in [7, 11) is 0. The summed E-state index contributed by atoms with van der Waals surface area (Å²) in [6.45, 7) is 0.187. The van der Waals surface area contributed by atoms with Crippen LogP contribution in [0.25, 0.3) is 0 Å². The second kappa shape index (κ2) is 5.82. The van der Waals surface area contributed by atoms with E-state index in [1.165, 1.54) is 24.4 Å². The molecule has 0 atom stereocenters. The summed E-state index contributed by atoms with van der Waals surface area (Å²) < 4.78 is 37.7. The quantitative estimate of drug-likeness (QED) is 0.911. The molecule has 1 aromatic carbocycles. The van der Waals surface area contributed by atoms with Crippen LogP contribution >= 0.6 is 0 Å². The molecular formula is C14H12F3N3O. The molecule has 21 heavy (non-hydrogen) atoms. The largest absolute Gasteiger partial charge is 0.416 e. The summed E-state index contributed by atoms with van der Waals surface area (Å²) >= 11 is 0. The highest BCUT2D eigenvalue weighted by Crippen LogP contribution is 2.29. The summed E-state index contributed by atoms with van der Waals surface area (Å²) in [4.78, 5) is 14.8. The van der Waals surface area contributed by atoms with Gasteiger partial charge < -0.3 is 11.1 Å². The predicted molar refractivity (Wildman–Crippen MR) is 71.5 cm³/mol. The Bertz CT molecular complexity index is 639. The van der Waals surface area contributed by atoms with Gasteiger partial charge in [0.15, 0.2) is 0 Å². The highest BCUT2D eigenvalue weighted by molar-refractivity contribution is 5.92. The third-order valence-electron chi connectivity index (χ3n) is 2.78. The van der Waals surface area contributed by atoms with Crippen molar-refractivity contribution in [1.82, 2.24) is 4.98 Å². The fourth-order valence-corrected chi connectivity index (χ4v) is 1.69. The Morgan fingerprint density at radius 1 is 1.24 bits per heavy atom. The number of halogens is 3. The zero-order valence-electron chi connectivity index (χ0n) is 10.8. The first-order chi connectivity index (χ1) is 9.86. The van der Waals surface area contributed by atoms with Gasteiger partial charge >= 0.3 is 6.18 Å². The molecule has 0 aliphatic heterocycles. The fourth-order valence-electron chi connectivity index (χ4n) is 1.69. The number of hydrogen-bond donors (Lipinski definition) is 2. The molecule has 1 aromatic heterocycles. The maximum absolute atomic E-state index is 12.6. The van der Waals surface area contributed by atoms with E-state index < -0.39 is 17.6 Å². The van der Waals surface area contributed by atoms with Crippen molar-refractivity contribution in [2.24, 2.45) is 5.73 Å². The van der Waals surface area contributed by atoms with Crippen molar-refractivity contribution in [2.45, 2.75) is 12.7 Å².